The quantitative estimate of drug-likeness (QED) is 0.632. The highest BCUT2D eigenvalue weighted by molar-refractivity contribution is 7.93. The van der Waals surface area contributed by atoms with Gasteiger partial charge in [-0.3, -0.25) is 14.3 Å². The van der Waals surface area contributed by atoms with E-state index in [0.717, 1.165) is 23.5 Å². The van der Waals surface area contributed by atoms with Crippen LogP contribution in [0.4, 0.5) is 5.13 Å². The van der Waals surface area contributed by atoms with Crippen LogP contribution >= 0.6 is 11.3 Å². The molecule has 166 valence electrons. The summed E-state index contributed by atoms with van der Waals surface area (Å²) in [5.74, 6) is 0.112. The highest BCUT2D eigenvalue weighted by Crippen LogP contribution is 2.36. The molecule has 3 aromatic rings. The van der Waals surface area contributed by atoms with Crippen LogP contribution in [0.15, 0.2) is 58.2 Å². The van der Waals surface area contributed by atoms with E-state index >= 15 is 0 Å². The summed E-state index contributed by atoms with van der Waals surface area (Å²) < 4.78 is 29.5. The molecule has 1 saturated heterocycles. The van der Waals surface area contributed by atoms with Crippen molar-refractivity contribution in [2.75, 3.05) is 17.8 Å². The van der Waals surface area contributed by atoms with Crippen LogP contribution in [0.3, 0.4) is 0 Å². The molecular formula is C22H22N4O4S2. The van der Waals surface area contributed by atoms with E-state index in [2.05, 4.69) is 9.71 Å². The third-order valence-corrected chi connectivity index (χ3v) is 8.41. The Morgan fingerprint density at radius 2 is 1.88 bits per heavy atom. The van der Waals surface area contributed by atoms with Crippen molar-refractivity contribution in [2.45, 2.75) is 30.7 Å². The number of aryl methyl sites for hydroxylation is 1. The van der Waals surface area contributed by atoms with Gasteiger partial charge in [0, 0.05) is 42.2 Å². The molecule has 0 saturated carbocycles. The molecule has 0 unspecified atom stereocenters. The maximum absolute atomic E-state index is 13.3. The third kappa shape index (κ3) is 3.73. The van der Waals surface area contributed by atoms with Crippen molar-refractivity contribution in [2.24, 2.45) is 5.92 Å². The van der Waals surface area contributed by atoms with Crippen LogP contribution in [0.2, 0.25) is 0 Å². The summed E-state index contributed by atoms with van der Waals surface area (Å²) in [7, 11) is -3.78. The van der Waals surface area contributed by atoms with Gasteiger partial charge < -0.3 is 9.47 Å². The van der Waals surface area contributed by atoms with E-state index in [1.54, 1.807) is 42.2 Å². The fourth-order valence-corrected chi connectivity index (χ4v) is 6.69. The highest BCUT2D eigenvalue weighted by atomic mass is 32.2. The Balaban J connectivity index is 1.37. The van der Waals surface area contributed by atoms with Gasteiger partial charge in [-0.05, 0) is 37.5 Å². The minimum atomic E-state index is -3.78. The molecule has 1 fully saturated rings. The molecule has 10 heteroatoms. The molecule has 32 heavy (non-hydrogen) atoms. The lowest BCUT2D eigenvalue weighted by molar-refractivity contribution is 0.0589. The van der Waals surface area contributed by atoms with Crippen molar-refractivity contribution >= 4 is 32.4 Å². The SMILES string of the molecule is Cc1sc(NS(=O)(=O)c2ccccc2)nc1C(=O)N1C[C@@H]2C[C@@H](C1)c1cccc(=O)n1C2. The van der Waals surface area contributed by atoms with Gasteiger partial charge in [-0.1, -0.05) is 24.3 Å². The van der Waals surface area contributed by atoms with Crippen molar-refractivity contribution in [3.8, 4) is 0 Å². The van der Waals surface area contributed by atoms with Crippen LogP contribution < -0.4 is 10.3 Å². The molecule has 1 N–H and O–H groups in total. The highest BCUT2D eigenvalue weighted by Gasteiger charge is 2.37. The molecular weight excluding hydrogens is 448 g/mol. The number of anilines is 1. The first-order valence-corrected chi connectivity index (χ1v) is 12.7. The smallest absolute Gasteiger partial charge is 0.273 e. The maximum atomic E-state index is 13.3. The number of sulfonamides is 1. The minimum absolute atomic E-state index is 0.00247. The number of nitrogens with one attached hydrogen (secondary N) is 1. The van der Waals surface area contributed by atoms with Crippen LogP contribution in [0, 0.1) is 12.8 Å². The largest absolute Gasteiger partial charge is 0.336 e. The fraction of sp³-hybridized carbons (Fsp3) is 0.318. The van der Waals surface area contributed by atoms with Crippen LogP contribution in [0.5, 0.6) is 0 Å². The minimum Gasteiger partial charge on any atom is -0.336 e. The molecule has 5 rings (SSSR count). The van der Waals surface area contributed by atoms with Gasteiger partial charge in [0.15, 0.2) is 5.13 Å². The van der Waals surface area contributed by atoms with Gasteiger partial charge in [0.05, 0.1) is 4.90 Å². The number of thiazole rings is 1. The Labute approximate surface area is 189 Å². The summed E-state index contributed by atoms with van der Waals surface area (Å²) in [5.41, 5.74) is 1.24. The molecule has 2 bridgehead atoms. The molecule has 4 heterocycles. The van der Waals surface area contributed by atoms with Gasteiger partial charge in [-0.25, -0.2) is 13.4 Å². The van der Waals surface area contributed by atoms with E-state index in [4.69, 9.17) is 0 Å². The van der Waals surface area contributed by atoms with Gasteiger partial charge >= 0.3 is 0 Å². The Bertz CT molecular complexity index is 1350. The van der Waals surface area contributed by atoms with Crippen molar-refractivity contribution < 1.29 is 13.2 Å². The monoisotopic (exact) mass is 470 g/mol. The lowest BCUT2D eigenvalue weighted by Crippen LogP contribution is -2.49. The predicted molar refractivity (Wildman–Crippen MR) is 122 cm³/mol. The van der Waals surface area contributed by atoms with Crippen LogP contribution in [0.1, 0.15) is 33.4 Å². The van der Waals surface area contributed by atoms with Gasteiger partial charge in [-0.2, -0.15) is 0 Å². The molecule has 2 aromatic heterocycles. The zero-order chi connectivity index (χ0) is 22.5. The number of nitrogens with zero attached hydrogens (tertiary/aromatic N) is 3. The second-order valence-corrected chi connectivity index (χ2v) is 11.1. The van der Waals surface area contributed by atoms with E-state index in [9.17, 15) is 18.0 Å². The number of hydrogen-bond acceptors (Lipinski definition) is 6. The fourth-order valence-electron chi connectivity index (χ4n) is 4.62. The van der Waals surface area contributed by atoms with Crippen LogP contribution in [0.25, 0.3) is 0 Å². The molecule has 1 aromatic carbocycles. The van der Waals surface area contributed by atoms with Gasteiger partial charge in [0.25, 0.3) is 21.5 Å². The van der Waals surface area contributed by atoms with Gasteiger partial charge in [-0.15, -0.1) is 11.3 Å². The van der Waals surface area contributed by atoms with Crippen molar-refractivity contribution in [1.82, 2.24) is 14.5 Å². The van der Waals surface area contributed by atoms with E-state index in [0.29, 0.717) is 24.5 Å². The molecule has 1 amide bonds. The average Bonchev–Trinajstić information content (AvgIpc) is 3.13. The van der Waals surface area contributed by atoms with Crippen molar-refractivity contribution in [3.63, 3.8) is 0 Å². The van der Waals surface area contributed by atoms with E-state index in [1.807, 2.05) is 10.6 Å². The number of aromatic nitrogens is 2. The van der Waals surface area contributed by atoms with Crippen LogP contribution in [-0.2, 0) is 16.6 Å². The number of amides is 1. The van der Waals surface area contributed by atoms with Gasteiger partial charge in [0.2, 0.25) is 0 Å². The maximum Gasteiger partial charge on any atom is 0.273 e. The average molecular weight is 471 g/mol. The Morgan fingerprint density at radius 3 is 2.66 bits per heavy atom. The number of fused-ring (bicyclic) bond motifs is 4. The molecule has 2 aliphatic heterocycles. The molecule has 0 aliphatic carbocycles. The summed E-state index contributed by atoms with van der Waals surface area (Å²) in [4.78, 5) is 32.4. The predicted octanol–water partition coefficient (Wildman–Crippen LogP) is 2.67. The van der Waals surface area contributed by atoms with E-state index in [1.165, 1.54) is 12.1 Å². The standard InChI is InChI=1S/C22H22N4O4S2/c1-14-20(23-22(31-14)24-32(29,30)17-6-3-2-4-7-17)21(28)25-11-15-10-16(13-25)18-8-5-9-19(27)26(18)12-15/h2-9,15-16H,10-13H2,1H3,(H,23,24)/t15-,16-/m0/s1. The second kappa shape index (κ2) is 7.86. The number of carbonyl (C=O) groups is 1. The summed E-state index contributed by atoms with van der Waals surface area (Å²) in [5, 5.41) is 0.170. The number of benzene rings is 1. The Hall–Kier alpha value is -2.98. The van der Waals surface area contributed by atoms with Crippen LogP contribution in [-0.4, -0.2) is 41.9 Å². The molecule has 0 radical (unpaired) electrons. The van der Waals surface area contributed by atoms with Gasteiger partial charge in [0.1, 0.15) is 5.69 Å². The molecule has 8 nitrogen and oxygen atoms in total. The second-order valence-electron chi connectivity index (χ2n) is 8.25. The topological polar surface area (TPSA) is 101 Å². The number of rotatable bonds is 4. The zero-order valence-corrected chi connectivity index (χ0v) is 19.0. The lowest BCUT2D eigenvalue weighted by atomic mass is 9.83. The first-order valence-electron chi connectivity index (χ1n) is 10.4. The zero-order valence-electron chi connectivity index (χ0n) is 17.4. The Morgan fingerprint density at radius 1 is 1.09 bits per heavy atom. The number of pyridine rings is 1. The summed E-state index contributed by atoms with van der Waals surface area (Å²) in [6, 6.07) is 13.4. The normalized spacial score (nSPS) is 20.0. The first kappa shape index (κ1) is 20.9. The lowest BCUT2D eigenvalue weighted by Gasteiger charge is -2.42. The number of piperidine rings is 1. The number of carbonyl (C=O) groups excluding carboxylic acids is 1. The molecule has 0 spiro atoms. The summed E-state index contributed by atoms with van der Waals surface area (Å²) >= 11 is 1.15. The van der Waals surface area contributed by atoms with Crippen molar-refractivity contribution in [1.29, 1.82) is 0 Å². The first-order chi connectivity index (χ1) is 15.3. The van der Waals surface area contributed by atoms with E-state index < -0.39 is 10.0 Å². The number of hydrogen-bond donors (Lipinski definition) is 1. The Kier molecular flexibility index (Phi) is 5.13. The molecule has 2 atom stereocenters. The van der Waals surface area contributed by atoms with E-state index in [-0.39, 0.29) is 39.0 Å². The number of likely N-dealkylation sites (tertiary alicyclic amines) is 1. The third-order valence-electron chi connectivity index (χ3n) is 6.04. The summed E-state index contributed by atoms with van der Waals surface area (Å²) in [6.45, 7) is 3.44. The van der Waals surface area contributed by atoms with Crippen molar-refractivity contribution in [3.05, 3.63) is 75.1 Å². The molecule has 2 aliphatic rings. The summed E-state index contributed by atoms with van der Waals surface area (Å²) in [6.07, 6.45) is 0.950.